The van der Waals surface area contributed by atoms with Crippen molar-refractivity contribution >= 4 is 21.9 Å². The minimum Gasteiger partial charge on any atom is -0.466 e. The van der Waals surface area contributed by atoms with Gasteiger partial charge < -0.3 is 10.5 Å². The Bertz CT molecular complexity index is 466. The fraction of sp³-hybridized carbons (Fsp3) is 0.333. The molecule has 0 unspecified atom stereocenters. The minimum absolute atomic E-state index is 0.0799. The number of hydrogen-bond donors (Lipinski definition) is 1. The fourth-order valence-electron chi connectivity index (χ4n) is 1.54. The van der Waals surface area contributed by atoms with E-state index in [0.717, 1.165) is 10.0 Å². The van der Waals surface area contributed by atoms with Crippen LogP contribution in [-0.2, 0) is 22.5 Å². The van der Waals surface area contributed by atoms with Crippen LogP contribution in [0.15, 0.2) is 16.6 Å². The van der Waals surface area contributed by atoms with E-state index in [1.807, 2.05) is 6.07 Å². The number of halogens is 1. The van der Waals surface area contributed by atoms with Gasteiger partial charge in [-0.15, -0.1) is 0 Å². The zero-order valence-electron chi connectivity index (χ0n) is 9.50. The van der Waals surface area contributed by atoms with E-state index >= 15 is 0 Å². The molecule has 0 aromatic heterocycles. The summed E-state index contributed by atoms with van der Waals surface area (Å²) in [7, 11) is 0. The summed E-state index contributed by atoms with van der Waals surface area (Å²) >= 11 is 3.30. The van der Waals surface area contributed by atoms with Gasteiger partial charge in [-0.05, 0) is 30.2 Å². The predicted molar refractivity (Wildman–Crippen MR) is 67.1 cm³/mol. The smallest absolute Gasteiger partial charge is 0.310 e. The lowest BCUT2D eigenvalue weighted by molar-refractivity contribution is -0.142. The van der Waals surface area contributed by atoms with Crippen molar-refractivity contribution in [2.45, 2.75) is 19.9 Å². The second kappa shape index (κ2) is 6.38. The Labute approximate surface area is 108 Å². The van der Waals surface area contributed by atoms with Crippen LogP contribution in [0.1, 0.15) is 23.6 Å². The SMILES string of the molecule is CCOC(=O)Cc1c(C#N)cc(Br)cc1CN. The molecule has 17 heavy (non-hydrogen) atoms. The minimum atomic E-state index is -0.346. The molecule has 1 aromatic rings. The molecule has 0 saturated heterocycles. The van der Waals surface area contributed by atoms with E-state index in [2.05, 4.69) is 22.0 Å². The summed E-state index contributed by atoms with van der Waals surface area (Å²) in [6, 6.07) is 5.55. The maximum Gasteiger partial charge on any atom is 0.310 e. The van der Waals surface area contributed by atoms with Crippen molar-refractivity contribution in [3.05, 3.63) is 33.3 Å². The van der Waals surface area contributed by atoms with Crippen LogP contribution in [0.5, 0.6) is 0 Å². The van der Waals surface area contributed by atoms with Gasteiger partial charge in [-0.3, -0.25) is 4.79 Å². The van der Waals surface area contributed by atoms with Crippen LogP contribution in [0.4, 0.5) is 0 Å². The molecule has 90 valence electrons. The third-order valence-corrected chi connectivity index (χ3v) is 2.73. The number of ether oxygens (including phenoxy) is 1. The molecule has 0 amide bonds. The molecular weight excluding hydrogens is 284 g/mol. The first-order chi connectivity index (χ1) is 8.12. The Morgan fingerprint density at radius 2 is 2.29 bits per heavy atom. The normalized spacial score (nSPS) is 9.76. The van der Waals surface area contributed by atoms with E-state index in [9.17, 15) is 4.79 Å². The van der Waals surface area contributed by atoms with Crippen LogP contribution in [-0.4, -0.2) is 12.6 Å². The Hall–Kier alpha value is -1.38. The topological polar surface area (TPSA) is 76.1 Å². The largest absolute Gasteiger partial charge is 0.466 e. The maximum absolute atomic E-state index is 11.4. The molecule has 0 bridgehead atoms. The van der Waals surface area contributed by atoms with Crippen molar-refractivity contribution in [2.24, 2.45) is 5.73 Å². The molecule has 0 heterocycles. The van der Waals surface area contributed by atoms with Gasteiger partial charge in [0.1, 0.15) is 0 Å². The van der Waals surface area contributed by atoms with Crippen molar-refractivity contribution in [3.63, 3.8) is 0 Å². The van der Waals surface area contributed by atoms with Crippen LogP contribution in [0.3, 0.4) is 0 Å². The van der Waals surface area contributed by atoms with Gasteiger partial charge in [0.2, 0.25) is 0 Å². The number of benzene rings is 1. The Balaban J connectivity index is 3.12. The molecular formula is C12H13BrN2O2. The van der Waals surface area contributed by atoms with Gasteiger partial charge in [0, 0.05) is 11.0 Å². The molecule has 0 aliphatic carbocycles. The number of hydrogen-bond acceptors (Lipinski definition) is 4. The second-order valence-corrected chi connectivity index (χ2v) is 4.30. The standard InChI is InChI=1S/C12H13BrN2O2/c1-2-17-12(16)5-11-8(6-14)3-10(13)4-9(11)7-15/h3-4H,2,5-6,14H2,1H3. The summed E-state index contributed by atoms with van der Waals surface area (Å²) in [6.07, 6.45) is 0.0799. The van der Waals surface area contributed by atoms with Gasteiger partial charge in [0.05, 0.1) is 24.7 Å². The van der Waals surface area contributed by atoms with Gasteiger partial charge in [0.15, 0.2) is 0 Å². The van der Waals surface area contributed by atoms with Crippen molar-refractivity contribution in [1.29, 1.82) is 5.26 Å². The van der Waals surface area contributed by atoms with Gasteiger partial charge in [-0.25, -0.2) is 0 Å². The molecule has 0 spiro atoms. The Morgan fingerprint density at radius 1 is 1.59 bits per heavy atom. The molecule has 0 atom stereocenters. The van der Waals surface area contributed by atoms with Crippen molar-refractivity contribution in [3.8, 4) is 6.07 Å². The van der Waals surface area contributed by atoms with E-state index in [-0.39, 0.29) is 18.9 Å². The zero-order valence-corrected chi connectivity index (χ0v) is 11.1. The summed E-state index contributed by atoms with van der Waals surface area (Å²) < 4.78 is 5.65. The van der Waals surface area contributed by atoms with Crippen molar-refractivity contribution in [2.75, 3.05) is 6.61 Å². The first-order valence-electron chi connectivity index (χ1n) is 5.19. The van der Waals surface area contributed by atoms with Gasteiger partial charge >= 0.3 is 5.97 Å². The molecule has 0 saturated carbocycles. The van der Waals surface area contributed by atoms with E-state index in [1.54, 1.807) is 13.0 Å². The zero-order chi connectivity index (χ0) is 12.8. The van der Waals surface area contributed by atoms with Crippen LogP contribution in [0.2, 0.25) is 0 Å². The number of rotatable bonds is 4. The second-order valence-electron chi connectivity index (χ2n) is 3.39. The lowest BCUT2D eigenvalue weighted by Crippen LogP contribution is -2.12. The lowest BCUT2D eigenvalue weighted by atomic mass is 9.99. The number of nitrogens with two attached hydrogens (primary N) is 1. The highest BCUT2D eigenvalue weighted by Gasteiger charge is 2.13. The van der Waals surface area contributed by atoms with Crippen LogP contribution < -0.4 is 5.73 Å². The van der Waals surface area contributed by atoms with E-state index in [0.29, 0.717) is 17.7 Å². The lowest BCUT2D eigenvalue weighted by Gasteiger charge is -2.10. The van der Waals surface area contributed by atoms with E-state index in [1.165, 1.54) is 0 Å². The van der Waals surface area contributed by atoms with Crippen molar-refractivity contribution in [1.82, 2.24) is 0 Å². The number of nitrogens with zero attached hydrogens (tertiary/aromatic N) is 1. The van der Waals surface area contributed by atoms with Gasteiger partial charge in [0.25, 0.3) is 0 Å². The quantitative estimate of drug-likeness (QED) is 0.861. The number of carbonyl (C=O) groups excluding carboxylic acids is 1. The summed E-state index contributed by atoms with van der Waals surface area (Å²) in [5.41, 5.74) is 7.49. The summed E-state index contributed by atoms with van der Waals surface area (Å²) in [5, 5.41) is 9.04. The molecule has 0 radical (unpaired) electrons. The molecule has 0 fully saturated rings. The number of carbonyl (C=O) groups is 1. The van der Waals surface area contributed by atoms with Crippen LogP contribution >= 0.6 is 15.9 Å². The summed E-state index contributed by atoms with van der Waals surface area (Å²) in [5.74, 6) is -0.346. The molecule has 2 N–H and O–H groups in total. The van der Waals surface area contributed by atoms with E-state index in [4.69, 9.17) is 15.7 Å². The average molecular weight is 297 g/mol. The monoisotopic (exact) mass is 296 g/mol. The molecule has 5 heteroatoms. The molecule has 4 nitrogen and oxygen atoms in total. The highest BCUT2D eigenvalue weighted by atomic mass is 79.9. The summed E-state index contributed by atoms with van der Waals surface area (Å²) in [6.45, 7) is 2.35. The predicted octanol–water partition coefficient (Wildman–Crippen LogP) is 1.89. The fourth-order valence-corrected chi connectivity index (χ4v) is 2.05. The van der Waals surface area contributed by atoms with Gasteiger partial charge in [-0.2, -0.15) is 5.26 Å². The third-order valence-electron chi connectivity index (χ3n) is 2.27. The average Bonchev–Trinajstić information content (AvgIpc) is 2.31. The highest BCUT2D eigenvalue weighted by Crippen LogP contribution is 2.22. The molecule has 1 aromatic carbocycles. The molecule has 1 rings (SSSR count). The van der Waals surface area contributed by atoms with E-state index < -0.39 is 0 Å². The highest BCUT2D eigenvalue weighted by molar-refractivity contribution is 9.10. The first kappa shape index (κ1) is 13.7. The molecule has 0 aliphatic rings. The summed E-state index contributed by atoms with van der Waals surface area (Å²) in [4.78, 5) is 11.4. The van der Waals surface area contributed by atoms with Crippen molar-refractivity contribution < 1.29 is 9.53 Å². The Kier molecular flexibility index (Phi) is 5.13. The van der Waals surface area contributed by atoms with Crippen LogP contribution in [0.25, 0.3) is 0 Å². The van der Waals surface area contributed by atoms with Crippen LogP contribution in [0, 0.1) is 11.3 Å². The first-order valence-corrected chi connectivity index (χ1v) is 5.98. The molecule has 0 aliphatic heterocycles. The Morgan fingerprint density at radius 3 is 2.82 bits per heavy atom. The third kappa shape index (κ3) is 3.55. The number of esters is 1. The number of nitriles is 1. The van der Waals surface area contributed by atoms with Gasteiger partial charge in [-0.1, -0.05) is 15.9 Å². The maximum atomic E-state index is 11.4.